The van der Waals surface area contributed by atoms with Crippen LogP contribution in [0.2, 0.25) is 0 Å². The van der Waals surface area contributed by atoms with Crippen LogP contribution in [-0.4, -0.2) is 31.1 Å². The van der Waals surface area contributed by atoms with Crippen LogP contribution in [0.25, 0.3) is 0 Å². The summed E-state index contributed by atoms with van der Waals surface area (Å²) in [6, 6.07) is 3.52. The Morgan fingerprint density at radius 1 is 1.16 bits per heavy atom. The van der Waals surface area contributed by atoms with Gasteiger partial charge >= 0.3 is 0 Å². The summed E-state index contributed by atoms with van der Waals surface area (Å²) in [5.74, 6) is -0.728. The second-order valence-corrected chi connectivity index (χ2v) is 4.59. The first-order valence-electron chi connectivity index (χ1n) is 7.03. The molecule has 0 saturated heterocycles. The topological polar surface area (TPSA) is 15.3 Å². The Labute approximate surface area is 114 Å². The van der Waals surface area contributed by atoms with Crippen molar-refractivity contribution in [2.24, 2.45) is 0 Å². The largest absolute Gasteiger partial charge is 0.310 e. The lowest BCUT2D eigenvalue weighted by atomic mass is 10.0. The zero-order valence-corrected chi connectivity index (χ0v) is 12.0. The fourth-order valence-corrected chi connectivity index (χ4v) is 2.25. The Morgan fingerprint density at radius 2 is 1.84 bits per heavy atom. The van der Waals surface area contributed by atoms with Crippen molar-refractivity contribution in [3.63, 3.8) is 0 Å². The number of hydrogen-bond donors (Lipinski definition) is 1. The molecule has 1 N–H and O–H groups in total. The first-order chi connectivity index (χ1) is 9.12. The summed E-state index contributed by atoms with van der Waals surface area (Å²) in [5.41, 5.74) is 0.425. The van der Waals surface area contributed by atoms with Gasteiger partial charge in [-0.15, -0.1) is 0 Å². The fourth-order valence-electron chi connectivity index (χ4n) is 2.25. The molecular formula is C15H24F2N2. The summed E-state index contributed by atoms with van der Waals surface area (Å²) >= 11 is 0. The summed E-state index contributed by atoms with van der Waals surface area (Å²) in [5, 5.41) is 3.24. The minimum absolute atomic E-state index is 0.138. The molecule has 108 valence electrons. The normalized spacial score (nSPS) is 12.9. The molecule has 0 radical (unpaired) electrons. The van der Waals surface area contributed by atoms with Crippen molar-refractivity contribution >= 4 is 0 Å². The lowest BCUT2D eigenvalue weighted by Crippen LogP contribution is -2.30. The first kappa shape index (κ1) is 16.1. The molecule has 0 saturated carbocycles. The average molecular weight is 270 g/mol. The highest BCUT2D eigenvalue weighted by molar-refractivity contribution is 5.22. The summed E-state index contributed by atoms with van der Waals surface area (Å²) in [4.78, 5) is 2.28. The van der Waals surface area contributed by atoms with Crippen LogP contribution in [0.15, 0.2) is 18.2 Å². The second-order valence-electron chi connectivity index (χ2n) is 4.59. The standard InChI is InChI=1S/C15H24F2N2/c1-4-18-15(9-10-19(5-2)6-3)13-11-12(16)7-8-14(13)17/h7-8,11,15,18H,4-6,9-10H2,1-3H3. The molecule has 1 atom stereocenters. The highest BCUT2D eigenvalue weighted by Gasteiger charge is 2.16. The van der Waals surface area contributed by atoms with Crippen LogP contribution in [0, 0.1) is 11.6 Å². The highest BCUT2D eigenvalue weighted by Crippen LogP contribution is 2.21. The van der Waals surface area contributed by atoms with Crippen LogP contribution in [0.4, 0.5) is 8.78 Å². The van der Waals surface area contributed by atoms with E-state index in [4.69, 9.17) is 0 Å². The molecule has 0 fully saturated rings. The molecule has 0 heterocycles. The SMILES string of the molecule is CCNC(CCN(CC)CC)c1cc(F)ccc1F. The summed E-state index contributed by atoms with van der Waals surface area (Å²) in [6.07, 6.45) is 0.774. The van der Waals surface area contributed by atoms with Gasteiger partial charge < -0.3 is 10.2 Å². The highest BCUT2D eigenvalue weighted by atomic mass is 19.1. The summed E-state index contributed by atoms with van der Waals surface area (Å²) in [7, 11) is 0. The zero-order chi connectivity index (χ0) is 14.3. The van der Waals surface area contributed by atoms with Gasteiger partial charge in [0.05, 0.1) is 0 Å². The molecule has 1 rings (SSSR count). The molecular weight excluding hydrogens is 246 g/mol. The monoisotopic (exact) mass is 270 g/mol. The average Bonchev–Trinajstić information content (AvgIpc) is 2.41. The maximum absolute atomic E-state index is 13.8. The van der Waals surface area contributed by atoms with E-state index in [1.54, 1.807) is 0 Å². The smallest absolute Gasteiger partial charge is 0.128 e. The van der Waals surface area contributed by atoms with Crippen molar-refractivity contribution in [1.82, 2.24) is 10.2 Å². The Morgan fingerprint density at radius 3 is 2.42 bits per heavy atom. The van der Waals surface area contributed by atoms with E-state index in [0.29, 0.717) is 5.56 Å². The van der Waals surface area contributed by atoms with Gasteiger partial charge in [0, 0.05) is 11.6 Å². The molecule has 0 spiro atoms. The number of halogens is 2. The predicted octanol–water partition coefficient (Wildman–Crippen LogP) is 3.35. The van der Waals surface area contributed by atoms with Gasteiger partial charge in [0.25, 0.3) is 0 Å². The first-order valence-corrected chi connectivity index (χ1v) is 7.03. The Kier molecular flexibility index (Phi) is 6.95. The molecule has 1 aromatic carbocycles. The Bertz CT molecular complexity index is 378. The van der Waals surface area contributed by atoms with Crippen LogP contribution in [0.5, 0.6) is 0 Å². The maximum Gasteiger partial charge on any atom is 0.128 e. The van der Waals surface area contributed by atoms with Crippen molar-refractivity contribution in [2.75, 3.05) is 26.2 Å². The molecule has 4 heteroatoms. The third-order valence-electron chi connectivity index (χ3n) is 3.41. The van der Waals surface area contributed by atoms with Gasteiger partial charge in [0.2, 0.25) is 0 Å². The lowest BCUT2D eigenvalue weighted by molar-refractivity contribution is 0.281. The predicted molar refractivity (Wildman–Crippen MR) is 75.2 cm³/mol. The Hall–Kier alpha value is -1.00. The quantitative estimate of drug-likeness (QED) is 0.779. The summed E-state index contributed by atoms with van der Waals surface area (Å²) in [6.45, 7) is 9.74. The van der Waals surface area contributed by atoms with E-state index in [0.717, 1.165) is 38.7 Å². The fraction of sp³-hybridized carbons (Fsp3) is 0.600. The van der Waals surface area contributed by atoms with Crippen LogP contribution in [0.3, 0.4) is 0 Å². The van der Waals surface area contributed by atoms with E-state index >= 15 is 0 Å². The molecule has 2 nitrogen and oxygen atoms in total. The van der Waals surface area contributed by atoms with Gasteiger partial charge in [-0.25, -0.2) is 8.78 Å². The van der Waals surface area contributed by atoms with E-state index in [9.17, 15) is 8.78 Å². The van der Waals surface area contributed by atoms with Gasteiger partial charge in [0.1, 0.15) is 11.6 Å². The van der Waals surface area contributed by atoms with E-state index in [1.807, 2.05) is 6.92 Å². The van der Waals surface area contributed by atoms with Gasteiger partial charge in [-0.3, -0.25) is 0 Å². The maximum atomic E-state index is 13.8. The number of nitrogens with one attached hydrogen (secondary N) is 1. The zero-order valence-electron chi connectivity index (χ0n) is 12.0. The van der Waals surface area contributed by atoms with E-state index in [1.165, 1.54) is 12.1 Å². The van der Waals surface area contributed by atoms with Crippen LogP contribution >= 0.6 is 0 Å². The number of hydrogen-bond acceptors (Lipinski definition) is 2. The van der Waals surface area contributed by atoms with Crippen molar-refractivity contribution in [2.45, 2.75) is 33.2 Å². The minimum Gasteiger partial charge on any atom is -0.310 e. The van der Waals surface area contributed by atoms with E-state index < -0.39 is 0 Å². The van der Waals surface area contributed by atoms with Crippen molar-refractivity contribution in [3.05, 3.63) is 35.4 Å². The van der Waals surface area contributed by atoms with Gasteiger partial charge in [0.15, 0.2) is 0 Å². The van der Waals surface area contributed by atoms with Gasteiger partial charge in [-0.1, -0.05) is 20.8 Å². The van der Waals surface area contributed by atoms with Crippen molar-refractivity contribution < 1.29 is 8.78 Å². The third kappa shape index (κ3) is 4.88. The summed E-state index contributed by atoms with van der Waals surface area (Å²) < 4.78 is 27.1. The van der Waals surface area contributed by atoms with Gasteiger partial charge in [-0.05, 0) is 50.8 Å². The molecule has 0 aliphatic heterocycles. The van der Waals surface area contributed by atoms with E-state index in [2.05, 4.69) is 24.1 Å². The van der Waals surface area contributed by atoms with Crippen LogP contribution < -0.4 is 5.32 Å². The van der Waals surface area contributed by atoms with Gasteiger partial charge in [-0.2, -0.15) is 0 Å². The molecule has 1 aromatic rings. The molecule has 0 aliphatic carbocycles. The van der Waals surface area contributed by atoms with Crippen molar-refractivity contribution in [3.8, 4) is 0 Å². The lowest BCUT2D eigenvalue weighted by Gasteiger charge is -2.24. The second kappa shape index (κ2) is 8.23. The molecule has 19 heavy (non-hydrogen) atoms. The number of rotatable bonds is 8. The number of benzene rings is 1. The van der Waals surface area contributed by atoms with Crippen LogP contribution in [-0.2, 0) is 0 Å². The molecule has 0 aliphatic rings. The number of nitrogens with zero attached hydrogens (tertiary/aromatic N) is 1. The minimum atomic E-state index is -0.387. The molecule has 0 bridgehead atoms. The van der Waals surface area contributed by atoms with E-state index in [-0.39, 0.29) is 17.7 Å². The molecule has 0 amide bonds. The van der Waals surface area contributed by atoms with Crippen molar-refractivity contribution in [1.29, 1.82) is 0 Å². The Balaban J connectivity index is 2.78. The molecule has 0 aromatic heterocycles. The molecule has 1 unspecified atom stereocenters. The van der Waals surface area contributed by atoms with Crippen LogP contribution in [0.1, 0.15) is 38.8 Å². The third-order valence-corrected chi connectivity index (χ3v) is 3.41.